The summed E-state index contributed by atoms with van der Waals surface area (Å²) in [5, 5.41) is 10.1. The van der Waals surface area contributed by atoms with Crippen LogP contribution >= 0.6 is 0 Å². The summed E-state index contributed by atoms with van der Waals surface area (Å²) in [6.07, 6.45) is 7.02. The van der Waals surface area contributed by atoms with Gasteiger partial charge in [-0.2, -0.15) is 5.10 Å². The predicted octanol–water partition coefficient (Wildman–Crippen LogP) is 2.98. The largest absolute Gasteiger partial charge is 0.324 e. The van der Waals surface area contributed by atoms with Crippen molar-refractivity contribution in [3.05, 3.63) is 42.2 Å². The van der Waals surface area contributed by atoms with Crippen molar-refractivity contribution in [1.82, 2.24) is 14.7 Å². The molecule has 1 saturated carbocycles. The summed E-state index contributed by atoms with van der Waals surface area (Å²) in [7, 11) is 0. The van der Waals surface area contributed by atoms with Crippen molar-refractivity contribution >= 4 is 23.3 Å². The molecule has 1 aromatic carbocycles. The number of nitrogens with zero attached hydrogens (tertiary/aromatic N) is 3. The number of hydrogen-bond donors (Lipinski definition) is 2. The molecule has 2 aliphatic rings. The van der Waals surface area contributed by atoms with E-state index in [1.54, 1.807) is 18.0 Å². The smallest absolute Gasteiger partial charge is 0.322 e. The van der Waals surface area contributed by atoms with E-state index in [9.17, 15) is 9.59 Å². The molecule has 1 aliphatic carbocycles. The van der Waals surface area contributed by atoms with E-state index < -0.39 is 6.04 Å². The summed E-state index contributed by atoms with van der Waals surface area (Å²) in [6.45, 7) is 2.11. The second-order valence-corrected chi connectivity index (χ2v) is 6.67. The van der Waals surface area contributed by atoms with Gasteiger partial charge in [0.1, 0.15) is 6.04 Å². The Balaban J connectivity index is 1.52. The summed E-state index contributed by atoms with van der Waals surface area (Å²) in [4.78, 5) is 26.6. The van der Waals surface area contributed by atoms with Crippen LogP contribution in [0.25, 0.3) is 0 Å². The average Bonchev–Trinajstić information content (AvgIpc) is 2.94. The molecule has 1 fully saturated rings. The van der Waals surface area contributed by atoms with Crippen molar-refractivity contribution in [1.29, 1.82) is 0 Å². The molecule has 2 N–H and O–H groups in total. The Morgan fingerprint density at radius 1 is 1.32 bits per heavy atom. The van der Waals surface area contributed by atoms with Gasteiger partial charge in [-0.3, -0.25) is 9.48 Å². The van der Waals surface area contributed by atoms with E-state index in [-0.39, 0.29) is 11.9 Å². The fourth-order valence-corrected chi connectivity index (χ4v) is 3.18. The Bertz CT molecular complexity index is 811. The lowest BCUT2D eigenvalue weighted by atomic mass is 9.93. The molecular weight excluding hydrogens is 318 g/mol. The number of aromatic nitrogens is 2. The molecule has 4 rings (SSSR count). The third-order valence-corrected chi connectivity index (χ3v) is 5.03. The first kappa shape index (κ1) is 15.7. The van der Waals surface area contributed by atoms with E-state index in [1.165, 1.54) is 6.42 Å². The summed E-state index contributed by atoms with van der Waals surface area (Å²) in [5.41, 5.74) is 2.33. The first-order valence-electron chi connectivity index (χ1n) is 8.62. The number of benzene rings is 1. The number of hydrogen-bond acceptors (Lipinski definition) is 3. The second-order valence-electron chi connectivity index (χ2n) is 6.67. The molecule has 0 bridgehead atoms. The molecule has 0 radical (unpaired) electrons. The highest BCUT2D eigenvalue weighted by molar-refractivity contribution is 6.00. The highest BCUT2D eigenvalue weighted by atomic mass is 16.2. The molecule has 7 nitrogen and oxygen atoms in total. The van der Waals surface area contributed by atoms with Gasteiger partial charge in [0, 0.05) is 11.9 Å². The van der Waals surface area contributed by atoms with Crippen LogP contribution in [0.2, 0.25) is 0 Å². The van der Waals surface area contributed by atoms with Gasteiger partial charge in [0.15, 0.2) is 0 Å². The van der Waals surface area contributed by atoms with Crippen LogP contribution in [0, 0.1) is 0 Å². The van der Waals surface area contributed by atoms with Crippen LogP contribution in [0.15, 0.2) is 36.7 Å². The lowest BCUT2D eigenvalue weighted by Gasteiger charge is -2.26. The van der Waals surface area contributed by atoms with Crippen LogP contribution in [0.3, 0.4) is 0 Å². The van der Waals surface area contributed by atoms with E-state index >= 15 is 0 Å². The van der Waals surface area contributed by atoms with E-state index in [0.717, 1.165) is 24.1 Å². The maximum atomic E-state index is 12.7. The lowest BCUT2D eigenvalue weighted by Crippen LogP contribution is -2.45. The number of anilines is 2. The third-order valence-electron chi connectivity index (χ3n) is 5.03. The van der Waals surface area contributed by atoms with Crippen LogP contribution in [-0.2, 0) is 11.3 Å². The lowest BCUT2D eigenvalue weighted by molar-refractivity contribution is -0.119. The summed E-state index contributed by atoms with van der Waals surface area (Å²) in [5.74, 6) is -0.190. The molecule has 0 saturated heterocycles. The zero-order valence-electron chi connectivity index (χ0n) is 14.1. The normalized spacial score (nSPS) is 20.3. The summed E-state index contributed by atoms with van der Waals surface area (Å²) < 4.78 is 1.91. The summed E-state index contributed by atoms with van der Waals surface area (Å²) in [6, 6.07) is 7.13. The van der Waals surface area contributed by atoms with Crippen LogP contribution in [0.1, 0.15) is 37.8 Å². The van der Waals surface area contributed by atoms with Gasteiger partial charge in [-0.25, -0.2) is 4.79 Å². The van der Waals surface area contributed by atoms with E-state index in [4.69, 9.17) is 0 Å². The Hall–Kier alpha value is -2.83. The van der Waals surface area contributed by atoms with Gasteiger partial charge in [-0.05, 0) is 37.8 Å². The zero-order valence-corrected chi connectivity index (χ0v) is 14.1. The standard InChI is InChI=1S/C18H21N5O2/c1-12-17(24)21-16-8-3-2-5-13(16)10-22(12)18(25)20-14-9-19-23(11-14)15-6-4-7-15/h2-3,5,8-9,11-12,15H,4,6-7,10H2,1H3,(H,20,25)(H,21,24). The van der Waals surface area contributed by atoms with Gasteiger partial charge in [0.05, 0.1) is 24.5 Å². The predicted molar refractivity (Wildman–Crippen MR) is 94.2 cm³/mol. The topological polar surface area (TPSA) is 79.3 Å². The maximum Gasteiger partial charge on any atom is 0.322 e. The van der Waals surface area contributed by atoms with Gasteiger partial charge < -0.3 is 15.5 Å². The van der Waals surface area contributed by atoms with Gasteiger partial charge >= 0.3 is 6.03 Å². The number of carbonyl (C=O) groups is 2. The Labute approximate surface area is 146 Å². The molecule has 1 atom stereocenters. The molecule has 0 spiro atoms. The average molecular weight is 339 g/mol. The van der Waals surface area contributed by atoms with Gasteiger partial charge in [-0.15, -0.1) is 0 Å². The Morgan fingerprint density at radius 3 is 2.88 bits per heavy atom. The van der Waals surface area contributed by atoms with Crippen molar-refractivity contribution in [2.24, 2.45) is 0 Å². The molecule has 1 unspecified atom stereocenters. The number of nitrogens with one attached hydrogen (secondary N) is 2. The number of fused-ring (bicyclic) bond motifs is 1. The van der Waals surface area contributed by atoms with Crippen molar-refractivity contribution in [2.75, 3.05) is 10.6 Å². The summed E-state index contributed by atoms with van der Waals surface area (Å²) >= 11 is 0. The maximum absolute atomic E-state index is 12.7. The van der Waals surface area contributed by atoms with Crippen molar-refractivity contribution < 1.29 is 9.59 Å². The molecule has 25 heavy (non-hydrogen) atoms. The van der Waals surface area contributed by atoms with E-state index in [2.05, 4.69) is 15.7 Å². The minimum atomic E-state index is -0.561. The minimum absolute atomic E-state index is 0.190. The third kappa shape index (κ3) is 2.97. The molecule has 7 heteroatoms. The Kier molecular flexibility index (Phi) is 3.91. The Morgan fingerprint density at radius 2 is 2.12 bits per heavy atom. The fraction of sp³-hybridized carbons (Fsp3) is 0.389. The van der Waals surface area contributed by atoms with Crippen LogP contribution < -0.4 is 10.6 Å². The first-order chi connectivity index (χ1) is 12.1. The number of rotatable bonds is 2. The first-order valence-corrected chi connectivity index (χ1v) is 8.62. The number of amides is 3. The zero-order chi connectivity index (χ0) is 17.4. The minimum Gasteiger partial charge on any atom is -0.324 e. The van der Waals surface area contributed by atoms with Crippen LogP contribution in [0.4, 0.5) is 16.2 Å². The molecule has 1 aliphatic heterocycles. The van der Waals surface area contributed by atoms with Gasteiger partial charge in [0.25, 0.3) is 0 Å². The molecular formula is C18H21N5O2. The molecule has 3 amide bonds. The number of para-hydroxylation sites is 1. The number of urea groups is 1. The fourth-order valence-electron chi connectivity index (χ4n) is 3.18. The van der Waals surface area contributed by atoms with Crippen molar-refractivity contribution in [3.63, 3.8) is 0 Å². The van der Waals surface area contributed by atoms with E-state index in [0.29, 0.717) is 18.3 Å². The molecule has 1 aromatic heterocycles. The monoisotopic (exact) mass is 339 g/mol. The van der Waals surface area contributed by atoms with Gasteiger partial charge in [0.2, 0.25) is 5.91 Å². The highest BCUT2D eigenvalue weighted by Gasteiger charge is 2.30. The number of carbonyl (C=O) groups excluding carboxylic acids is 2. The molecule has 130 valence electrons. The SMILES string of the molecule is CC1C(=O)Nc2ccccc2CN1C(=O)Nc1cnn(C2CCC2)c1. The highest BCUT2D eigenvalue weighted by Crippen LogP contribution is 2.31. The second kappa shape index (κ2) is 6.23. The van der Waals surface area contributed by atoms with Crippen LogP contribution in [-0.4, -0.2) is 32.7 Å². The van der Waals surface area contributed by atoms with Crippen molar-refractivity contribution in [3.8, 4) is 0 Å². The van der Waals surface area contributed by atoms with Crippen molar-refractivity contribution in [2.45, 2.75) is 44.8 Å². The van der Waals surface area contributed by atoms with Gasteiger partial charge in [-0.1, -0.05) is 18.2 Å². The molecule has 2 aromatic rings. The molecule has 2 heterocycles. The van der Waals surface area contributed by atoms with Crippen LogP contribution in [0.5, 0.6) is 0 Å². The van der Waals surface area contributed by atoms with E-state index in [1.807, 2.05) is 35.1 Å². The quantitative estimate of drug-likeness (QED) is 0.883.